The topological polar surface area (TPSA) is 16.4 Å². The summed E-state index contributed by atoms with van der Waals surface area (Å²) in [5.74, 6) is 0. The predicted octanol–water partition coefficient (Wildman–Crippen LogP) is 16.0. The van der Waals surface area contributed by atoms with Gasteiger partial charge in [-0.3, -0.25) is 0 Å². The molecule has 11 rings (SSSR count). The quantitative estimate of drug-likeness (QED) is 0.162. The summed E-state index contributed by atoms with van der Waals surface area (Å²) in [5.41, 5.74) is 14.4. The monoisotopic (exact) mass is 739 g/mol. The molecule has 0 bridgehead atoms. The number of hydrogen-bond acceptors (Lipinski definition) is 2. The minimum absolute atomic E-state index is 0.904. The van der Waals surface area contributed by atoms with Gasteiger partial charge < -0.3 is 9.32 Å². The van der Waals surface area contributed by atoms with E-state index in [1.54, 1.807) is 0 Å². The third kappa shape index (κ3) is 5.82. The van der Waals surface area contributed by atoms with Crippen LogP contribution >= 0.6 is 0 Å². The molecule has 0 saturated heterocycles. The van der Waals surface area contributed by atoms with Gasteiger partial charge in [-0.1, -0.05) is 182 Å². The Morgan fingerprint density at radius 1 is 0.293 bits per heavy atom. The van der Waals surface area contributed by atoms with Crippen molar-refractivity contribution in [2.24, 2.45) is 0 Å². The highest BCUT2D eigenvalue weighted by Crippen LogP contribution is 2.44. The highest BCUT2D eigenvalue weighted by molar-refractivity contribution is 6.09. The summed E-state index contributed by atoms with van der Waals surface area (Å²) in [6.07, 6.45) is 0. The Labute approximate surface area is 337 Å². The van der Waals surface area contributed by atoms with Gasteiger partial charge in [-0.15, -0.1) is 0 Å². The number of rotatable bonds is 7. The van der Waals surface area contributed by atoms with Crippen molar-refractivity contribution in [2.75, 3.05) is 4.90 Å². The summed E-state index contributed by atoms with van der Waals surface area (Å²) in [6, 6.07) is 80.7. The van der Waals surface area contributed by atoms with E-state index in [1.165, 1.54) is 54.9 Å². The lowest BCUT2D eigenvalue weighted by Gasteiger charge is -2.28. The number of para-hydroxylation sites is 3. The van der Waals surface area contributed by atoms with E-state index < -0.39 is 0 Å². The lowest BCUT2D eigenvalue weighted by atomic mass is 9.93. The standard InChI is InChI=1S/C56H37NO/c1-2-15-42-37-43(28-27-38(42)13-1)48-19-6-5-17-46(48)40-29-33-44(34-30-40)57(54-25-9-7-20-51(54)50-23-11-16-39-14-3-4-18-47(39)50)45-35-31-41(32-36-45)49-22-12-24-53-52-21-8-10-26-55(52)58-56(49)53/h1-37H. The second-order valence-corrected chi connectivity index (χ2v) is 14.9. The highest BCUT2D eigenvalue weighted by atomic mass is 16.3. The maximum Gasteiger partial charge on any atom is 0.143 e. The number of fused-ring (bicyclic) bond motifs is 5. The van der Waals surface area contributed by atoms with E-state index in [4.69, 9.17) is 4.42 Å². The SMILES string of the molecule is c1ccc(-c2ccc3ccccc3c2)c(-c2ccc(N(c3ccc(-c4cccc5c4oc4ccccc45)cc3)c3ccccc3-c3cccc4ccccc34)cc2)c1. The van der Waals surface area contributed by atoms with E-state index in [1.807, 2.05) is 12.1 Å². The van der Waals surface area contributed by atoms with Crippen molar-refractivity contribution >= 4 is 60.5 Å². The first kappa shape index (κ1) is 33.6. The smallest absolute Gasteiger partial charge is 0.143 e. The molecule has 0 amide bonds. The van der Waals surface area contributed by atoms with Crippen LogP contribution in [0.5, 0.6) is 0 Å². The minimum atomic E-state index is 0.904. The number of benzene rings is 10. The van der Waals surface area contributed by atoms with Gasteiger partial charge in [0.05, 0.1) is 5.69 Å². The van der Waals surface area contributed by atoms with E-state index in [-0.39, 0.29) is 0 Å². The fourth-order valence-electron chi connectivity index (χ4n) is 8.68. The zero-order valence-electron chi connectivity index (χ0n) is 31.7. The third-order valence-electron chi connectivity index (χ3n) is 11.5. The molecule has 0 saturated carbocycles. The first-order valence-electron chi connectivity index (χ1n) is 19.8. The number of furan rings is 1. The van der Waals surface area contributed by atoms with Crippen LogP contribution in [0.1, 0.15) is 0 Å². The highest BCUT2D eigenvalue weighted by Gasteiger charge is 2.20. The second kappa shape index (κ2) is 14.1. The Hall–Kier alpha value is -7.68. The molecule has 10 aromatic carbocycles. The van der Waals surface area contributed by atoms with Crippen molar-refractivity contribution in [3.63, 3.8) is 0 Å². The first-order chi connectivity index (χ1) is 28.8. The largest absolute Gasteiger partial charge is 0.455 e. The Balaban J connectivity index is 1.04. The van der Waals surface area contributed by atoms with Gasteiger partial charge in [-0.25, -0.2) is 0 Å². The molecule has 0 radical (unpaired) electrons. The van der Waals surface area contributed by atoms with Crippen molar-refractivity contribution in [3.05, 3.63) is 224 Å². The van der Waals surface area contributed by atoms with Gasteiger partial charge in [0.2, 0.25) is 0 Å². The summed E-state index contributed by atoms with van der Waals surface area (Å²) in [5, 5.41) is 7.20. The third-order valence-corrected chi connectivity index (χ3v) is 11.5. The molecule has 0 aliphatic carbocycles. The molecule has 11 aromatic rings. The Kier molecular flexibility index (Phi) is 8.19. The second-order valence-electron chi connectivity index (χ2n) is 14.9. The van der Waals surface area contributed by atoms with Crippen LogP contribution in [0.3, 0.4) is 0 Å². The maximum atomic E-state index is 6.45. The maximum absolute atomic E-state index is 6.45. The molecule has 1 aromatic heterocycles. The summed E-state index contributed by atoms with van der Waals surface area (Å²) in [7, 11) is 0. The van der Waals surface area contributed by atoms with Crippen LogP contribution in [-0.2, 0) is 0 Å². The molecule has 0 aliphatic heterocycles. The molecular weight excluding hydrogens is 703 g/mol. The molecule has 2 nitrogen and oxygen atoms in total. The summed E-state index contributed by atoms with van der Waals surface area (Å²) in [6.45, 7) is 0. The molecular formula is C56H37NO. The van der Waals surface area contributed by atoms with Gasteiger partial charge in [0, 0.05) is 33.3 Å². The van der Waals surface area contributed by atoms with Gasteiger partial charge >= 0.3 is 0 Å². The average Bonchev–Trinajstić information content (AvgIpc) is 3.69. The Bertz CT molecular complexity index is 3280. The molecule has 0 N–H and O–H groups in total. The van der Waals surface area contributed by atoms with Crippen LogP contribution in [0.2, 0.25) is 0 Å². The zero-order chi connectivity index (χ0) is 38.4. The number of hydrogen-bond donors (Lipinski definition) is 0. The minimum Gasteiger partial charge on any atom is -0.455 e. The fourth-order valence-corrected chi connectivity index (χ4v) is 8.68. The van der Waals surface area contributed by atoms with Crippen molar-refractivity contribution in [3.8, 4) is 44.5 Å². The molecule has 58 heavy (non-hydrogen) atoms. The Morgan fingerprint density at radius 3 is 1.57 bits per heavy atom. The van der Waals surface area contributed by atoms with Gasteiger partial charge in [-0.2, -0.15) is 0 Å². The predicted molar refractivity (Wildman–Crippen MR) is 245 cm³/mol. The fraction of sp³-hybridized carbons (Fsp3) is 0. The van der Waals surface area contributed by atoms with E-state index >= 15 is 0 Å². The van der Waals surface area contributed by atoms with E-state index in [0.717, 1.165) is 50.1 Å². The van der Waals surface area contributed by atoms with Crippen molar-refractivity contribution in [2.45, 2.75) is 0 Å². The van der Waals surface area contributed by atoms with Crippen molar-refractivity contribution in [1.82, 2.24) is 0 Å². The van der Waals surface area contributed by atoms with Crippen LogP contribution in [0.25, 0.3) is 88.0 Å². The molecule has 0 atom stereocenters. The zero-order valence-corrected chi connectivity index (χ0v) is 31.7. The molecule has 2 heteroatoms. The van der Waals surface area contributed by atoms with Crippen molar-refractivity contribution in [1.29, 1.82) is 0 Å². The summed E-state index contributed by atoms with van der Waals surface area (Å²) < 4.78 is 6.45. The van der Waals surface area contributed by atoms with Gasteiger partial charge in [0.1, 0.15) is 11.2 Å². The number of nitrogens with zero attached hydrogens (tertiary/aromatic N) is 1. The van der Waals surface area contributed by atoms with Crippen molar-refractivity contribution < 1.29 is 4.42 Å². The molecule has 0 fully saturated rings. The van der Waals surface area contributed by atoms with E-state index in [2.05, 4.69) is 217 Å². The molecule has 1 heterocycles. The first-order valence-corrected chi connectivity index (χ1v) is 19.8. The van der Waals surface area contributed by atoms with Crippen LogP contribution in [-0.4, -0.2) is 0 Å². The molecule has 0 aliphatic rings. The molecule has 0 unspecified atom stereocenters. The lowest BCUT2D eigenvalue weighted by molar-refractivity contribution is 0.670. The van der Waals surface area contributed by atoms with E-state index in [9.17, 15) is 0 Å². The van der Waals surface area contributed by atoms with Crippen LogP contribution < -0.4 is 4.90 Å². The van der Waals surface area contributed by atoms with Gasteiger partial charge in [0.25, 0.3) is 0 Å². The lowest BCUT2D eigenvalue weighted by Crippen LogP contribution is -2.11. The van der Waals surface area contributed by atoms with Crippen LogP contribution in [0.15, 0.2) is 229 Å². The van der Waals surface area contributed by atoms with E-state index in [0.29, 0.717) is 0 Å². The van der Waals surface area contributed by atoms with Gasteiger partial charge in [0.15, 0.2) is 0 Å². The number of anilines is 3. The van der Waals surface area contributed by atoms with Gasteiger partial charge in [-0.05, 0) is 97.4 Å². The summed E-state index contributed by atoms with van der Waals surface area (Å²) in [4.78, 5) is 2.39. The summed E-state index contributed by atoms with van der Waals surface area (Å²) >= 11 is 0. The average molecular weight is 740 g/mol. The van der Waals surface area contributed by atoms with Crippen LogP contribution in [0.4, 0.5) is 17.1 Å². The molecule has 272 valence electrons. The molecule has 0 spiro atoms. The normalized spacial score (nSPS) is 11.4. The van der Waals surface area contributed by atoms with Crippen LogP contribution in [0, 0.1) is 0 Å². The Morgan fingerprint density at radius 2 is 0.793 bits per heavy atom.